The number of amides is 3. The zero-order chi connectivity index (χ0) is 32.5. The Balaban J connectivity index is 1.41. The maximum absolute atomic E-state index is 13.2. The third-order valence-electron chi connectivity index (χ3n) is 7.09. The number of urea groups is 1. The second-order valence-corrected chi connectivity index (χ2v) is 11.1. The minimum Gasteiger partial charge on any atom is -0.495 e. The van der Waals surface area contributed by atoms with Gasteiger partial charge in [-0.15, -0.1) is 0 Å². The molecule has 4 rings (SSSR count). The Bertz CT molecular complexity index is 1560. The van der Waals surface area contributed by atoms with E-state index in [2.05, 4.69) is 16.0 Å². The minimum absolute atomic E-state index is 0.0440. The molecule has 0 aromatic heterocycles. The summed E-state index contributed by atoms with van der Waals surface area (Å²) < 4.78 is 21.4. The van der Waals surface area contributed by atoms with Crippen LogP contribution >= 0.6 is 0 Å². The molecule has 0 saturated carbocycles. The molecule has 0 radical (unpaired) electrons. The highest BCUT2D eigenvalue weighted by Crippen LogP contribution is 2.35. The lowest BCUT2D eigenvalue weighted by Gasteiger charge is -2.19. The van der Waals surface area contributed by atoms with Gasteiger partial charge in [-0.05, 0) is 66.3 Å². The Morgan fingerprint density at radius 2 is 1.64 bits per heavy atom. The van der Waals surface area contributed by atoms with Crippen molar-refractivity contribution in [2.75, 3.05) is 31.1 Å². The van der Waals surface area contributed by atoms with Gasteiger partial charge < -0.3 is 40.6 Å². The number of nitrogens with one attached hydrogen (secondary N) is 3. The van der Waals surface area contributed by atoms with Crippen molar-refractivity contribution < 1.29 is 38.1 Å². The van der Waals surface area contributed by atoms with Crippen LogP contribution in [0.5, 0.6) is 17.2 Å². The van der Waals surface area contributed by atoms with Crippen LogP contribution in [0.3, 0.4) is 0 Å². The molecule has 0 aliphatic carbocycles. The van der Waals surface area contributed by atoms with Crippen molar-refractivity contribution in [3.05, 3.63) is 77.4 Å². The average molecular weight is 619 g/mol. The van der Waals surface area contributed by atoms with Crippen molar-refractivity contribution in [3.63, 3.8) is 0 Å². The lowest BCUT2D eigenvalue weighted by Crippen LogP contribution is -2.38. The monoisotopic (exact) mass is 618 g/mol. The highest BCUT2D eigenvalue weighted by Gasteiger charge is 2.29. The molecule has 1 aliphatic rings. The van der Waals surface area contributed by atoms with Crippen molar-refractivity contribution >= 4 is 35.3 Å². The van der Waals surface area contributed by atoms with Crippen LogP contribution in [0.1, 0.15) is 42.9 Å². The fraction of sp³-hybridized carbons (Fsp3) is 0.333. The lowest BCUT2D eigenvalue weighted by atomic mass is 9.98. The molecule has 0 saturated heterocycles. The number of ether oxygens (including phenoxy) is 4. The molecule has 45 heavy (non-hydrogen) atoms. The van der Waals surface area contributed by atoms with Crippen LogP contribution < -0.4 is 35.9 Å². The first kappa shape index (κ1) is 32.8. The van der Waals surface area contributed by atoms with Crippen LogP contribution in [0.4, 0.5) is 16.2 Å². The minimum atomic E-state index is -1.02. The van der Waals surface area contributed by atoms with E-state index in [0.29, 0.717) is 46.2 Å². The maximum Gasteiger partial charge on any atom is 0.330 e. The van der Waals surface area contributed by atoms with Gasteiger partial charge in [0.25, 0.3) is 0 Å². The summed E-state index contributed by atoms with van der Waals surface area (Å²) in [6.45, 7) is 5.59. The van der Waals surface area contributed by atoms with E-state index >= 15 is 0 Å². The number of hydrogen-bond acceptors (Lipinski definition) is 9. The summed E-state index contributed by atoms with van der Waals surface area (Å²) in [5.74, 6) is -1.65. The van der Waals surface area contributed by atoms with Gasteiger partial charge in [-0.3, -0.25) is 9.59 Å². The van der Waals surface area contributed by atoms with E-state index in [1.807, 2.05) is 39.0 Å². The van der Waals surface area contributed by atoms with E-state index < -0.39 is 35.8 Å². The summed E-state index contributed by atoms with van der Waals surface area (Å²) in [6, 6.07) is 15.9. The smallest absolute Gasteiger partial charge is 0.330 e. The molecular formula is C33H38N4O8. The molecule has 3 aromatic rings. The third kappa shape index (κ3) is 8.96. The third-order valence-corrected chi connectivity index (χ3v) is 7.09. The molecule has 3 amide bonds. The summed E-state index contributed by atoms with van der Waals surface area (Å²) >= 11 is 0. The van der Waals surface area contributed by atoms with E-state index in [0.717, 1.165) is 5.56 Å². The van der Waals surface area contributed by atoms with Crippen LogP contribution in [0.2, 0.25) is 0 Å². The maximum atomic E-state index is 13.2. The lowest BCUT2D eigenvalue weighted by molar-refractivity contribution is -0.161. The Kier molecular flexibility index (Phi) is 11.0. The average Bonchev–Trinajstić information content (AvgIpc) is 3.47. The molecule has 1 heterocycles. The van der Waals surface area contributed by atoms with Gasteiger partial charge in [0.05, 0.1) is 25.1 Å². The molecule has 0 bridgehead atoms. The number of methoxy groups -OCH3 is 1. The molecule has 0 spiro atoms. The molecular weight excluding hydrogens is 580 g/mol. The number of para-hydroxylation sites is 1. The number of esters is 2. The second-order valence-electron chi connectivity index (χ2n) is 11.1. The van der Waals surface area contributed by atoms with E-state index in [-0.39, 0.29) is 25.7 Å². The molecule has 12 nitrogen and oxygen atoms in total. The van der Waals surface area contributed by atoms with Gasteiger partial charge in [0.2, 0.25) is 12.7 Å². The number of benzene rings is 3. The molecule has 1 aliphatic heterocycles. The van der Waals surface area contributed by atoms with Crippen molar-refractivity contribution in [3.8, 4) is 17.2 Å². The van der Waals surface area contributed by atoms with Crippen LogP contribution in [-0.2, 0) is 25.5 Å². The molecule has 238 valence electrons. The fourth-order valence-electron chi connectivity index (χ4n) is 4.72. The molecule has 2 atom stereocenters. The summed E-state index contributed by atoms with van der Waals surface area (Å²) in [5, 5.41) is 8.31. The van der Waals surface area contributed by atoms with E-state index in [1.165, 1.54) is 7.11 Å². The first-order valence-electron chi connectivity index (χ1n) is 14.5. The second kappa shape index (κ2) is 15.1. The Morgan fingerprint density at radius 1 is 0.911 bits per heavy atom. The van der Waals surface area contributed by atoms with Crippen LogP contribution in [0, 0.1) is 12.8 Å². The van der Waals surface area contributed by atoms with Gasteiger partial charge in [-0.2, -0.15) is 0 Å². The zero-order valence-corrected chi connectivity index (χ0v) is 25.7. The number of nitrogens with two attached hydrogens (primary N) is 1. The number of hydrogen-bond donors (Lipinski definition) is 4. The van der Waals surface area contributed by atoms with E-state index in [4.69, 9.17) is 24.7 Å². The van der Waals surface area contributed by atoms with Gasteiger partial charge in [0.15, 0.2) is 11.5 Å². The molecule has 5 N–H and O–H groups in total. The highest BCUT2D eigenvalue weighted by molar-refractivity contribution is 6.01. The van der Waals surface area contributed by atoms with Crippen molar-refractivity contribution in [2.24, 2.45) is 11.7 Å². The van der Waals surface area contributed by atoms with Crippen molar-refractivity contribution in [1.29, 1.82) is 0 Å². The first-order chi connectivity index (χ1) is 21.5. The predicted octanol–water partition coefficient (Wildman–Crippen LogP) is 4.26. The predicted molar refractivity (Wildman–Crippen MR) is 167 cm³/mol. The SMILES string of the molecule is COc1cc(CC(=O)NCC(C(=O)OC(=O)[C@@H](N)CC(C)C)c2ccc3c(c2)OCO3)ccc1NC(=O)Nc1ccccc1C. The highest BCUT2D eigenvalue weighted by atomic mass is 16.7. The first-order valence-corrected chi connectivity index (χ1v) is 14.5. The van der Waals surface area contributed by atoms with Gasteiger partial charge in [-0.1, -0.05) is 44.2 Å². The summed E-state index contributed by atoms with van der Waals surface area (Å²) in [6.07, 6.45) is 0.305. The van der Waals surface area contributed by atoms with Gasteiger partial charge >= 0.3 is 18.0 Å². The summed E-state index contributed by atoms with van der Waals surface area (Å²) in [4.78, 5) is 51.3. The number of fused-ring (bicyclic) bond motifs is 1. The van der Waals surface area contributed by atoms with Crippen LogP contribution in [-0.4, -0.2) is 50.4 Å². The van der Waals surface area contributed by atoms with E-state index in [9.17, 15) is 19.2 Å². The number of carbonyl (C=O) groups is 4. The topological polar surface area (TPSA) is 167 Å². The standard InChI is InChI=1S/C33H38N4O8/c1-19(2)13-24(34)32(40)45-31(39)23(22-10-12-27-29(16-22)44-18-43-27)17-35-30(38)15-21-9-11-26(28(14-21)42-4)37-33(41)36-25-8-6-5-7-20(25)3/h5-12,14,16,19,23-24H,13,15,17-18,34H2,1-4H3,(H,35,38)(H2,36,37,41)/t23?,24-/m0/s1. The van der Waals surface area contributed by atoms with Gasteiger partial charge in [0.1, 0.15) is 11.8 Å². The van der Waals surface area contributed by atoms with Gasteiger partial charge in [0, 0.05) is 12.2 Å². The number of anilines is 2. The molecule has 12 heteroatoms. The summed E-state index contributed by atoms with van der Waals surface area (Å²) in [7, 11) is 1.46. The Morgan fingerprint density at radius 3 is 2.38 bits per heavy atom. The van der Waals surface area contributed by atoms with Crippen molar-refractivity contribution in [1.82, 2.24) is 5.32 Å². The van der Waals surface area contributed by atoms with Crippen molar-refractivity contribution in [2.45, 2.75) is 45.6 Å². The van der Waals surface area contributed by atoms with E-state index in [1.54, 1.807) is 42.5 Å². The fourth-order valence-corrected chi connectivity index (χ4v) is 4.72. The number of aryl methyl sites for hydroxylation is 1. The molecule has 0 fully saturated rings. The summed E-state index contributed by atoms with van der Waals surface area (Å²) in [5.41, 5.74) is 8.99. The normalized spacial score (nSPS) is 13.0. The zero-order valence-electron chi connectivity index (χ0n) is 25.7. The Labute approximate surface area is 261 Å². The largest absolute Gasteiger partial charge is 0.495 e. The van der Waals surface area contributed by atoms with Gasteiger partial charge in [-0.25, -0.2) is 9.59 Å². The molecule has 3 aromatic carbocycles. The Hall–Kier alpha value is -5.10. The van der Waals surface area contributed by atoms with Crippen LogP contribution in [0.25, 0.3) is 0 Å². The quantitative estimate of drug-likeness (QED) is 0.171. The number of rotatable bonds is 12. The van der Waals surface area contributed by atoms with Crippen LogP contribution in [0.15, 0.2) is 60.7 Å². The molecule has 1 unspecified atom stereocenters. The number of carbonyl (C=O) groups excluding carboxylic acids is 4.